The summed E-state index contributed by atoms with van der Waals surface area (Å²) in [5.74, 6) is 0.642. The third-order valence-electron chi connectivity index (χ3n) is 7.54. The number of anilines is 1. The maximum atomic E-state index is 14.1. The van der Waals surface area contributed by atoms with E-state index in [4.69, 9.17) is 21.0 Å². The van der Waals surface area contributed by atoms with Crippen LogP contribution >= 0.6 is 22.9 Å². The van der Waals surface area contributed by atoms with Crippen molar-refractivity contribution in [1.82, 2.24) is 4.57 Å². The molecule has 1 aliphatic rings. The lowest BCUT2D eigenvalue weighted by Crippen LogP contribution is -2.40. The summed E-state index contributed by atoms with van der Waals surface area (Å²) in [6, 6.07) is 23.8. The normalized spacial score (nSPS) is 14.8. The molecule has 5 aromatic rings. The molecule has 0 spiro atoms. The Bertz CT molecular complexity index is 2160. The van der Waals surface area contributed by atoms with E-state index in [1.165, 1.54) is 29.5 Å². The average molecular weight is 639 g/mol. The fourth-order valence-corrected chi connectivity index (χ4v) is 6.47. The number of rotatable bonds is 7. The van der Waals surface area contributed by atoms with E-state index < -0.39 is 11.0 Å². The zero-order valence-corrected chi connectivity index (χ0v) is 26.1. The molecule has 45 heavy (non-hydrogen) atoms. The molecule has 1 atom stereocenters. The Morgan fingerprint density at radius 1 is 1.09 bits per heavy atom. The van der Waals surface area contributed by atoms with Crippen molar-refractivity contribution in [1.29, 1.82) is 0 Å². The fraction of sp³-hybridized carbons (Fsp3) is 0.147. The van der Waals surface area contributed by atoms with E-state index in [9.17, 15) is 19.7 Å². The van der Waals surface area contributed by atoms with Gasteiger partial charge in [-0.15, -0.1) is 0 Å². The Hall–Kier alpha value is -5.06. The molecule has 226 valence electrons. The number of furan rings is 1. The largest absolute Gasteiger partial charge is 0.457 e. The number of benzene rings is 3. The minimum Gasteiger partial charge on any atom is -0.457 e. The summed E-state index contributed by atoms with van der Waals surface area (Å²) in [6.07, 6.45) is 1.60. The quantitative estimate of drug-likeness (QED) is 0.155. The predicted molar refractivity (Wildman–Crippen MR) is 175 cm³/mol. The molecule has 0 bridgehead atoms. The predicted octanol–water partition coefficient (Wildman–Crippen LogP) is 6.82. The Kier molecular flexibility index (Phi) is 8.09. The van der Waals surface area contributed by atoms with Crippen LogP contribution in [0.15, 0.2) is 110 Å². The Labute approximate surface area is 266 Å². The summed E-state index contributed by atoms with van der Waals surface area (Å²) in [5.41, 5.74) is 3.34. The molecule has 6 rings (SSSR count). The number of nitro benzene ring substituents is 1. The van der Waals surface area contributed by atoms with E-state index in [0.29, 0.717) is 54.3 Å². The smallest absolute Gasteiger partial charge is 0.271 e. The average Bonchev–Trinajstić information content (AvgIpc) is 3.60. The van der Waals surface area contributed by atoms with Crippen LogP contribution < -0.4 is 20.2 Å². The summed E-state index contributed by atoms with van der Waals surface area (Å²) >= 11 is 7.50. The number of para-hydroxylation sites is 1. The number of amides is 1. The highest BCUT2D eigenvalue weighted by atomic mass is 35.5. The van der Waals surface area contributed by atoms with Gasteiger partial charge in [0.1, 0.15) is 11.5 Å². The first-order valence-corrected chi connectivity index (χ1v) is 15.3. The third-order valence-corrected chi connectivity index (χ3v) is 8.86. The molecule has 0 saturated carbocycles. The van der Waals surface area contributed by atoms with Crippen molar-refractivity contribution in [3.8, 4) is 11.3 Å². The molecule has 11 heteroatoms. The molecule has 0 saturated heterocycles. The van der Waals surface area contributed by atoms with Crippen LogP contribution in [-0.2, 0) is 4.79 Å². The monoisotopic (exact) mass is 638 g/mol. The maximum Gasteiger partial charge on any atom is 0.271 e. The van der Waals surface area contributed by atoms with Crippen LogP contribution in [0.3, 0.4) is 0 Å². The Morgan fingerprint density at radius 3 is 2.51 bits per heavy atom. The van der Waals surface area contributed by atoms with Gasteiger partial charge in [-0.1, -0.05) is 79.2 Å². The van der Waals surface area contributed by atoms with Crippen LogP contribution in [0, 0.1) is 10.1 Å². The van der Waals surface area contributed by atoms with Crippen molar-refractivity contribution in [2.75, 3.05) is 5.32 Å². The summed E-state index contributed by atoms with van der Waals surface area (Å²) in [7, 11) is 0. The van der Waals surface area contributed by atoms with Gasteiger partial charge in [-0.3, -0.25) is 24.3 Å². The van der Waals surface area contributed by atoms with Gasteiger partial charge in [0.05, 0.1) is 31.8 Å². The van der Waals surface area contributed by atoms with E-state index in [-0.39, 0.29) is 17.2 Å². The van der Waals surface area contributed by atoms with Gasteiger partial charge < -0.3 is 9.73 Å². The summed E-state index contributed by atoms with van der Waals surface area (Å²) < 4.78 is 7.86. The highest BCUT2D eigenvalue weighted by Gasteiger charge is 2.32. The number of nitro groups is 1. The molecule has 0 fully saturated rings. The van der Waals surface area contributed by atoms with Gasteiger partial charge in [-0.2, -0.15) is 0 Å². The highest BCUT2D eigenvalue weighted by Crippen LogP contribution is 2.34. The molecule has 1 N–H and O–H groups in total. The van der Waals surface area contributed by atoms with Crippen LogP contribution in [0.1, 0.15) is 49.6 Å². The number of halogens is 1. The fourth-order valence-electron chi connectivity index (χ4n) is 5.23. The first-order valence-electron chi connectivity index (χ1n) is 14.1. The molecule has 3 heterocycles. The van der Waals surface area contributed by atoms with E-state index in [1.807, 2.05) is 42.5 Å². The number of aromatic nitrogens is 1. The standard InChI is InChI=1S/C34H27ClN4O5S/c1-19(2)21-9-11-22(12-10-21)31-30(32(40)37-23-7-5-4-6-8-23)20(3)36-34-38(31)33(41)29(45-34)18-25-14-16-28(44-25)26-17-24(39(42)43)13-15-27(26)35/h4-19,31H,1-3H3,(H,37,40)/b29-18-. The molecule has 9 nitrogen and oxygen atoms in total. The van der Waals surface area contributed by atoms with Crippen LogP contribution in [0.5, 0.6) is 0 Å². The number of carbonyl (C=O) groups is 1. The number of non-ortho nitro benzene ring substituents is 1. The molecular weight excluding hydrogens is 612 g/mol. The molecule has 0 radical (unpaired) electrons. The van der Waals surface area contributed by atoms with E-state index >= 15 is 0 Å². The van der Waals surface area contributed by atoms with E-state index in [2.05, 4.69) is 19.2 Å². The van der Waals surface area contributed by atoms with Crippen LogP contribution in [0.4, 0.5) is 11.4 Å². The van der Waals surface area contributed by atoms with Gasteiger partial charge >= 0.3 is 0 Å². The van der Waals surface area contributed by atoms with Crippen molar-refractivity contribution in [2.24, 2.45) is 4.99 Å². The van der Waals surface area contributed by atoms with Crippen LogP contribution in [0.25, 0.3) is 17.4 Å². The van der Waals surface area contributed by atoms with Crippen molar-refractivity contribution >= 4 is 46.3 Å². The molecule has 0 aliphatic carbocycles. The number of carbonyl (C=O) groups excluding carboxylic acids is 1. The first kappa shape index (κ1) is 30.0. The number of fused-ring (bicyclic) bond motifs is 1. The Balaban J connectivity index is 1.45. The zero-order chi connectivity index (χ0) is 31.8. The van der Waals surface area contributed by atoms with Crippen molar-refractivity contribution < 1.29 is 14.1 Å². The number of nitrogens with zero attached hydrogens (tertiary/aromatic N) is 3. The second-order valence-electron chi connectivity index (χ2n) is 10.8. The lowest BCUT2D eigenvalue weighted by atomic mass is 9.93. The number of hydrogen-bond donors (Lipinski definition) is 1. The van der Waals surface area contributed by atoms with Gasteiger partial charge in [0.25, 0.3) is 17.2 Å². The molecular formula is C34H27ClN4O5S. The summed E-state index contributed by atoms with van der Waals surface area (Å²) in [6.45, 7) is 5.98. The molecule has 2 aromatic heterocycles. The van der Waals surface area contributed by atoms with E-state index in [1.54, 1.807) is 41.8 Å². The number of allylic oxidation sites excluding steroid dienone is 1. The zero-order valence-electron chi connectivity index (χ0n) is 24.5. The molecule has 3 aromatic carbocycles. The third kappa shape index (κ3) is 5.90. The van der Waals surface area contributed by atoms with Crippen molar-refractivity contribution in [3.05, 3.63) is 148 Å². The second-order valence-corrected chi connectivity index (χ2v) is 12.3. The summed E-state index contributed by atoms with van der Waals surface area (Å²) in [5, 5.41) is 14.5. The Morgan fingerprint density at radius 2 is 1.82 bits per heavy atom. The lowest BCUT2D eigenvalue weighted by Gasteiger charge is -2.25. The molecule has 1 amide bonds. The van der Waals surface area contributed by atoms with Gasteiger partial charge in [0.2, 0.25) is 0 Å². The number of nitrogens with one attached hydrogen (secondary N) is 1. The minimum atomic E-state index is -0.718. The topological polar surface area (TPSA) is 120 Å². The van der Waals surface area contributed by atoms with Crippen LogP contribution in [0.2, 0.25) is 5.02 Å². The summed E-state index contributed by atoms with van der Waals surface area (Å²) in [4.78, 5) is 43.7. The number of thiazole rings is 1. The second kappa shape index (κ2) is 12.1. The van der Waals surface area contributed by atoms with Gasteiger partial charge in [0.15, 0.2) is 4.80 Å². The number of hydrogen-bond acceptors (Lipinski definition) is 7. The molecule has 1 aliphatic heterocycles. The SMILES string of the molecule is CC1=C(C(=O)Nc2ccccc2)C(c2ccc(C(C)C)cc2)n2c(s/c(=C\c3ccc(-c4cc([N+](=O)[O-])ccc4Cl)o3)c2=O)=N1. The van der Waals surface area contributed by atoms with Gasteiger partial charge in [-0.25, -0.2) is 4.99 Å². The van der Waals surface area contributed by atoms with Crippen LogP contribution in [-0.4, -0.2) is 15.4 Å². The lowest BCUT2D eigenvalue weighted by molar-refractivity contribution is -0.384. The minimum absolute atomic E-state index is 0.121. The highest BCUT2D eigenvalue weighted by molar-refractivity contribution is 7.07. The van der Waals surface area contributed by atoms with Gasteiger partial charge in [0, 0.05) is 29.5 Å². The van der Waals surface area contributed by atoms with Gasteiger partial charge in [-0.05, 0) is 54.3 Å². The van der Waals surface area contributed by atoms with Crippen molar-refractivity contribution in [3.63, 3.8) is 0 Å². The first-order chi connectivity index (χ1) is 21.6. The van der Waals surface area contributed by atoms with E-state index in [0.717, 1.165) is 11.1 Å². The maximum absolute atomic E-state index is 14.1. The molecule has 1 unspecified atom stereocenters. The van der Waals surface area contributed by atoms with Crippen molar-refractivity contribution in [2.45, 2.75) is 32.7 Å².